The van der Waals surface area contributed by atoms with Crippen molar-refractivity contribution in [2.45, 2.75) is 13.3 Å². The number of phenolic OH excluding ortho intramolecular Hbond substituents is 1. The number of carbonyl (C=O) groups is 1. The second-order valence-corrected chi connectivity index (χ2v) is 4.94. The number of hydrogen-bond donors (Lipinski definition) is 3. The third-order valence-corrected chi connectivity index (χ3v) is 3.28. The molecule has 92 valence electrons. The summed E-state index contributed by atoms with van der Waals surface area (Å²) in [5.74, 6) is -0.184. The van der Waals surface area contributed by atoms with Gasteiger partial charge in [0.05, 0.1) is 5.56 Å². The molecule has 0 aliphatic carbocycles. The third-order valence-electron chi connectivity index (χ3n) is 3.28. The minimum atomic E-state index is -0.212. The van der Waals surface area contributed by atoms with E-state index < -0.39 is 0 Å². The molecule has 1 unspecified atom stereocenters. The summed E-state index contributed by atoms with van der Waals surface area (Å²) in [4.78, 5) is 11.9. The van der Waals surface area contributed by atoms with Gasteiger partial charge in [0.25, 0.3) is 5.91 Å². The zero-order chi connectivity index (χ0) is 12.3. The lowest BCUT2D eigenvalue weighted by molar-refractivity contribution is 0.0934. The van der Waals surface area contributed by atoms with Gasteiger partial charge in [-0.25, -0.2) is 0 Å². The predicted molar refractivity (Wildman–Crippen MR) is 66.0 cm³/mol. The van der Waals surface area contributed by atoms with Gasteiger partial charge in [-0.05, 0) is 30.5 Å². The van der Waals surface area contributed by atoms with Crippen molar-refractivity contribution >= 4 is 5.91 Å². The fourth-order valence-corrected chi connectivity index (χ4v) is 2.07. The van der Waals surface area contributed by atoms with Crippen LogP contribution >= 0.6 is 0 Å². The molecular formula is C13H18N2O2. The van der Waals surface area contributed by atoms with E-state index in [-0.39, 0.29) is 17.1 Å². The number of carbonyl (C=O) groups excluding carboxylic acids is 1. The van der Waals surface area contributed by atoms with Crippen LogP contribution in [-0.2, 0) is 0 Å². The number of rotatable bonds is 3. The highest BCUT2D eigenvalue weighted by Crippen LogP contribution is 2.23. The molecular weight excluding hydrogens is 216 g/mol. The average Bonchev–Trinajstić information content (AvgIpc) is 2.74. The second-order valence-electron chi connectivity index (χ2n) is 4.94. The van der Waals surface area contributed by atoms with Gasteiger partial charge in [0.2, 0.25) is 0 Å². The van der Waals surface area contributed by atoms with E-state index in [2.05, 4.69) is 17.6 Å². The molecule has 1 aromatic rings. The second kappa shape index (κ2) is 4.75. The molecule has 0 spiro atoms. The first-order valence-corrected chi connectivity index (χ1v) is 5.88. The lowest BCUT2D eigenvalue weighted by Gasteiger charge is -2.22. The van der Waals surface area contributed by atoms with Gasteiger partial charge < -0.3 is 15.7 Å². The molecule has 1 fully saturated rings. The molecule has 0 bridgehead atoms. The Bertz CT molecular complexity index is 412. The van der Waals surface area contributed by atoms with Crippen molar-refractivity contribution < 1.29 is 9.90 Å². The normalized spacial score (nSPS) is 23.6. The zero-order valence-electron chi connectivity index (χ0n) is 9.99. The molecule has 0 saturated carbocycles. The summed E-state index contributed by atoms with van der Waals surface area (Å²) in [6.07, 6.45) is 1.06. The van der Waals surface area contributed by atoms with Crippen molar-refractivity contribution in [1.82, 2.24) is 10.6 Å². The first kappa shape index (κ1) is 11.9. The van der Waals surface area contributed by atoms with Crippen molar-refractivity contribution in [1.29, 1.82) is 0 Å². The maximum atomic E-state index is 11.9. The van der Waals surface area contributed by atoms with E-state index in [0.29, 0.717) is 12.1 Å². The summed E-state index contributed by atoms with van der Waals surface area (Å²) in [7, 11) is 0. The number of benzene rings is 1. The SMILES string of the molecule is CC1(CNC(=O)c2ccccc2O)CCNC1. The van der Waals surface area contributed by atoms with E-state index in [9.17, 15) is 9.90 Å². The third kappa shape index (κ3) is 2.77. The number of phenols is 1. The van der Waals surface area contributed by atoms with Crippen LogP contribution in [0, 0.1) is 5.41 Å². The average molecular weight is 234 g/mol. The minimum absolute atomic E-state index is 0.0275. The highest BCUT2D eigenvalue weighted by atomic mass is 16.3. The molecule has 1 amide bonds. The lowest BCUT2D eigenvalue weighted by Crippen LogP contribution is -2.37. The Morgan fingerprint density at radius 1 is 1.53 bits per heavy atom. The van der Waals surface area contributed by atoms with Gasteiger partial charge in [0, 0.05) is 13.1 Å². The van der Waals surface area contributed by atoms with E-state index in [1.54, 1.807) is 18.2 Å². The largest absolute Gasteiger partial charge is 0.507 e. The molecule has 1 saturated heterocycles. The maximum absolute atomic E-state index is 11.9. The molecule has 4 heteroatoms. The van der Waals surface area contributed by atoms with E-state index in [1.165, 1.54) is 6.07 Å². The summed E-state index contributed by atoms with van der Waals surface area (Å²) in [6.45, 7) is 4.71. The maximum Gasteiger partial charge on any atom is 0.255 e. The van der Waals surface area contributed by atoms with Crippen LogP contribution in [0.4, 0.5) is 0 Å². The van der Waals surface area contributed by atoms with Crippen molar-refractivity contribution in [3.05, 3.63) is 29.8 Å². The fourth-order valence-electron chi connectivity index (χ4n) is 2.07. The Morgan fingerprint density at radius 3 is 2.94 bits per heavy atom. The van der Waals surface area contributed by atoms with Crippen molar-refractivity contribution in [3.63, 3.8) is 0 Å². The minimum Gasteiger partial charge on any atom is -0.507 e. The van der Waals surface area contributed by atoms with E-state index in [1.807, 2.05) is 0 Å². The van der Waals surface area contributed by atoms with Gasteiger partial charge in [0.15, 0.2) is 0 Å². The Labute approximate surface area is 101 Å². The van der Waals surface area contributed by atoms with Gasteiger partial charge in [-0.1, -0.05) is 19.1 Å². The van der Waals surface area contributed by atoms with E-state index >= 15 is 0 Å². The van der Waals surface area contributed by atoms with E-state index in [0.717, 1.165) is 19.5 Å². The Kier molecular flexibility index (Phi) is 3.33. The summed E-state index contributed by atoms with van der Waals surface area (Å²) < 4.78 is 0. The molecule has 1 aliphatic heterocycles. The van der Waals surface area contributed by atoms with Crippen molar-refractivity contribution in [3.8, 4) is 5.75 Å². The molecule has 1 heterocycles. The summed E-state index contributed by atoms with van der Waals surface area (Å²) in [6, 6.07) is 6.59. The van der Waals surface area contributed by atoms with Crippen LogP contribution in [0.2, 0.25) is 0 Å². The Balaban J connectivity index is 1.96. The molecule has 17 heavy (non-hydrogen) atoms. The summed E-state index contributed by atoms with van der Waals surface area (Å²) in [5, 5.41) is 15.7. The number of para-hydroxylation sites is 1. The van der Waals surface area contributed by atoms with Gasteiger partial charge >= 0.3 is 0 Å². The van der Waals surface area contributed by atoms with Gasteiger partial charge in [-0.3, -0.25) is 4.79 Å². The van der Waals surface area contributed by atoms with E-state index in [4.69, 9.17) is 0 Å². The molecule has 1 aromatic carbocycles. The molecule has 1 atom stereocenters. The highest BCUT2D eigenvalue weighted by molar-refractivity contribution is 5.96. The number of hydrogen-bond acceptors (Lipinski definition) is 3. The molecule has 1 aliphatic rings. The van der Waals surface area contributed by atoms with Crippen LogP contribution in [0.1, 0.15) is 23.7 Å². The van der Waals surface area contributed by atoms with Crippen LogP contribution in [0.15, 0.2) is 24.3 Å². The van der Waals surface area contributed by atoms with Crippen LogP contribution < -0.4 is 10.6 Å². The topological polar surface area (TPSA) is 61.4 Å². The van der Waals surface area contributed by atoms with Crippen LogP contribution in [-0.4, -0.2) is 30.6 Å². The number of nitrogens with one attached hydrogen (secondary N) is 2. The first-order chi connectivity index (χ1) is 8.11. The van der Waals surface area contributed by atoms with Gasteiger partial charge in [-0.15, -0.1) is 0 Å². The molecule has 3 N–H and O–H groups in total. The van der Waals surface area contributed by atoms with Crippen LogP contribution in [0.25, 0.3) is 0 Å². The molecule has 0 aromatic heterocycles. The molecule has 2 rings (SSSR count). The summed E-state index contributed by atoms with van der Waals surface area (Å²) in [5.41, 5.74) is 0.460. The highest BCUT2D eigenvalue weighted by Gasteiger charge is 2.29. The number of amides is 1. The van der Waals surface area contributed by atoms with Crippen molar-refractivity contribution in [2.75, 3.05) is 19.6 Å². The lowest BCUT2D eigenvalue weighted by atomic mass is 9.90. The predicted octanol–water partition coefficient (Wildman–Crippen LogP) is 1.12. The van der Waals surface area contributed by atoms with Crippen molar-refractivity contribution in [2.24, 2.45) is 5.41 Å². The Morgan fingerprint density at radius 2 is 2.29 bits per heavy atom. The van der Waals surface area contributed by atoms with Crippen LogP contribution in [0.3, 0.4) is 0 Å². The smallest absolute Gasteiger partial charge is 0.255 e. The standard InChI is InChI=1S/C13H18N2O2/c1-13(6-7-14-8-13)9-15-12(17)10-4-2-3-5-11(10)16/h2-5,14,16H,6-9H2,1H3,(H,15,17). The Hall–Kier alpha value is -1.55. The summed E-state index contributed by atoms with van der Waals surface area (Å²) >= 11 is 0. The first-order valence-electron chi connectivity index (χ1n) is 5.88. The van der Waals surface area contributed by atoms with Gasteiger partial charge in [-0.2, -0.15) is 0 Å². The van der Waals surface area contributed by atoms with Gasteiger partial charge in [0.1, 0.15) is 5.75 Å². The molecule has 0 radical (unpaired) electrons. The molecule has 4 nitrogen and oxygen atoms in total. The monoisotopic (exact) mass is 234 g/mol. The fraction of sp³-hybridized carbons (Fsp3) is 0.462. The quantitative estimate of drug-likeness (QED) is 0.734. The zero-order valence-corrected chi connectivity index (χ0v) is 9.99. The number of aromatic hydroxyl groups is 1. The van der Waals surface area contributed by atoms with Crippen LogP contribution in [0.5, 0.6) is 5.75 Å².